The molecular weight excluding hydrogens is 272 g/mol. The Morgan fingerprint density at radius 3 is 2.68 bits per heavy atom. The van der Waals surface area contributed by atoms with E-state index in [1.54, 1.807) is 0 Å². The first-order valence-corrected chi connectivity index (χ1v) is 8.46. The van der Waals surface area contributed by atoms with Crippen molar-refractivity contribution in [2.45, 2.75) is 50.5 Å². The Morgan fingerprint density at radius 1 is 1.23 bits per heavy atom. The highest BCUT2D eigenvalue weighted by atomic mass is 15.2. The summed E-state index contributed by atoms with van der Waals surface area (Å²) in [6, 6.07) is 6.48. The summed E-state index contributed by atoms with van der Waals surface area (Å²) in [5, 5.41) is 3.34. The summed E-state index contributed by atoms with van der Waals surface area (Å²) in [7, 11) is 4.29. The molecule has 1 fully saturated rings. The van der Waals surface area contributed by atoms with Gasteiger partial charge in [0.15, 0.2) is 5.96 Å². The summed E-state index contributed by atoms with van der Waals surface area (Å²) in [5.74, 6) is 0.548. The van der Waals surface area contributed by atoms with E-state index in [9.17, 15) is 0 Å². The molecule has 2 aliphatic carbocycles. The molecule has 0 saturated heterocycles. The highest BCUT2D eigenvalue weighted by Crippen LogP contribution is 2.36. The zero-order valence-corrected chi connectivity index (χ0v) is 13.9. The maximum absolute atomic E-state index is 6.15. The van der Waals surface area contributed by atoms with Crippen LogP contribution in [-0.2, 0) is 12.8 Å². The lowest BCUT2D eigenvalue weighted by Crippen LogP contribution is -2.52. The van der Waals surface area contributed by atoms with Gasteiger partial charge in [0.1, 0.15) is 0 Å². The minimum atomic E-state index is 0.225. The van der Waals surface area contributed by atoms with Crippen molar-refractivity contribution < 1.29 is 0 Å². The van der Waals surface area contributed by atoms with Gasteiger partial charge in [0.25, 0.3) is 0 Å². The van der Waals surface area contributed by atoms with Crippen LogP contribution in [0.15, 0.2) is 23.2 Å². The first-order valence-electron chi connectivity index (χ1n) is 8.46. The maximum Gasteiger partial charge on any atom is 0.193 e. The fourth-order valence-electron chi connectivity index (χ4n) is 3.64. The van der Waals surface area contributed by atoms with Crippen LogP contribution in [0.4, 0.5) is 5.69 Å². The Labute approximate surface area is 133 Å². The Morgan fingerprint density at radius 2 is 2.00 bits per heavy atom. The highest BCUT2D eigenvalue weighted by Gasteiger charge is 2.38. The number of likely N-dealkylation sites (N-methyl/N-ethyl adjacent to an activating group) is 1. The zero-order valence-electron chi connectivity index (χ0n) is 13.9. The molecule has 3 rings (SSSR count). The number of aliphatic imine (C=N–C) groups is 1. The third-order valence-electron chi connectivity index (χ3n) is 5.44. The number of benzene rings is 1. The van der Waals surface area contributed by atoms with Gasteiger partial charge in [-0.3, -0.25) is 4.99 Å². The Bertz CT molecular complexity index is 558. The van der Waals surface area contributed by atoms with Gasteiger partial charge >= 0.3 is 0 Å². The fraction of sp³-hybridized carbons (Fsp3) is 0.611. The van der Waals surface area contributed by atoms with E-state index in [4.69, 9.17) is 5.73 Å². The number of nitrogens with two attached hydrogens (primary N) is 1. The van der Waals surface area contributed by atoms with E-state index in [-0.39, 0.29) is 5.54 Å². The van der Waals surface area contributed by atoms with Crippen LogP contribution in [0.5, 0.6) is 0 Å². The van der Waals surface area contributed by atoms with Gasteiger partial charge in [-0.15, -0.1) is 0 Å². The summed E-state index contributed by atoms with van der Waals surface area (Å²) in [4.78, 5) is 6.93. The quantitative estimate of drug-likeness (QED) is 0.664. The number of rotatable bonds is 4. The van der Waals surface area contributed by atoms with Gasteiger partial charge in [-0.2, -0.15) is 0 Å². The third-order valence-corrected chi connectivity index (χ3v) is 5.44. The average Bonchev–Trinajstić information content (AvgIpc) is 2.46. The lowest BCUT2D eigenvalue weighted by molar-refractivity contribution is 0.0700. The van der Waals surface area contributed by atoms with Crippen molar-refractivity contribution >= 4 is 11.6 Å². The summed E-state index contributed by atoms with van der Waals surface area (Å²) < 4.78 is 0. The molecule has 1 aromatic carbocycles. The summed E-state index contributed by atoms with van der Waals surface area (Å²) in [6.07, 6.45) is 8.64. The Kier molecular flexibility index (Phi) is 4.39. The van der Waals surface area contributed by atoms with Crippen LogP contribution >= 0.6 is 0 Å². The molecule has 0 bridgehead atoms. The molecule has 3 N–H and O–H groups in total. The van der Waals surface area contributed by atoms with E-state index in [2.05, 4.69) is 47.5 Å². The van der Waals surface area contributed by atoms with E-state index in [0.717, 1.165) is 18.7 Å². The number of hydrogen-bond acceptors (Lipinski definition) is 2. The summed E-state index contributed by atoms with van der Waals surface area (Å²) >= 11 is 0. The summed E-state index contributed by atoms with van der Waals surface area (Å²) in [6.45, 7) is 0.786. The Balaban J connectivity index is 1.69. The van der Waals surface area contributed by atoms with E-state index in [0.29, 0.717) is 5.96 Å². The number of nitrogens with one attached hydrogen (secondary N) is 1. The SMILES string of the molecule is CN(C)C1(CN=C(N)Nc2cccc3c2CCCC3)CCC1. The fourth-order valence-corrected chi connectivity index (χ4v) is 3.64. The van der Waals surface area contributed by atoms with Crippen molar-refractivity contribution in [1.29, 1.82) is 0 Å². The second-order valence-corrected chi connectivity index (χ2v) is 6.95. The molecular formula is C18H28N4. The predicted molar refractivity (Wildman–Crippen MR) is 93.5 cm³/mol. The normalized spacial score (nSPS) is 20.4. The number of anilines is 1. The number of nitrogens with zero attached hydrogens (tertiary/aromatic N) is 2. The van der Waals surface area contributed by atoms with Crippen LogP contribution in [0.2, 0.25) is 0 Å². The monoisotopic (exact) mass is 300 g/mol. The van der Waals surface area contributed by atoms with Crippen molar-refractivity contribution in [2.75, 3.05) is 26.0 Å². The van der Waals surface area contributed by atoms with Gasteiger partial charge in [-0.25, -0.2) is 0 Å². The van der Waals surface area contributed by atoms with Crippen LogP contribution in [-0.4, -0.2) is 37.0 Å². The second kappa shape index (κ2) is 6.29. The molecule has 0 unspecified atom stereocenters. The van der Waals surface area contributed by atoms with Crippen LogP contribution in [0.1, 0.15) is 43.2 Å². The average molecular weight is 300 g/mol. The van der Waals surface area contributed by atoms with Crippen molar-refractivity contribution in [2.24, 2.45) is 10.7 Å². The molecule has 0 aromatic heterocycles. The van der Waals surface area contributed by atoms with E-state index in [1.807, 2.05) is 0 Å². The van der Waals surface area contributed by atoms with Gasteiger partial charge in [0.2, 0.25) is 0 Å². The first-order chi connectivity index (χ1) is 10.6. The lowest BCUT2D eigenvalue weighted by atomic mass is 9.76. The number of aryl methyl sites for hydroxylation is 1. The van der Waals surface area contributed by atoms with Crippen molar-refractivity contribution in [3.05, 3.63) is 29.3 Å². The van der Waals surface area contributed by atoms with Gasteiger partial charge < -0.3 is 16.0 Å². The molecule has 1 aromatic rings. The van der Waals surface area contributed by atoms with Crippen LogP contribution in [0.3, 0.4) is 0 Å². The zero-order chi connectivity index (χ0) is 15.6. The molecule has 4 nitrogen and oxygen atoms in total. The molecule has 0 radical (unpaired) electrons. The molecule has 0 spiro atoms. The van der Waals surface area contributed by atoms with Crippen LogP contribution in [0, 0.1) is 0 Å². The van der Waals surface area contributed by atoms with E-state index < -0.39 is 0 Å². The van der Waals surface area contributed by atoms with Gasteiger partial charge in [0, 0.05) is 11.2 Å². The van der Waals surface area contributed by atoms with Crippen molar-refractivity contribution in [1.82, 2.24) is 4.90 Å². The third kappa shape index (κ3) is 2.98. The van der Waals surface area contributed by atoms with E-state index in [1.165, 1.54) is 49.7 Å². The van der Waals surface area contributed by atoms with Gasteiger partial charge in [-0.1, -0.05) is 12.1 Å². The molecule has 1 saturated carbocycles. The number of hydrogen-bond donors (Lipinski definition) is 2. The van der Waals surface area contributed by atoms with Crippen molar-refractivity contribution in [3.8, 4) is 0 Å². The molecule has 22 heavy (non-hydrogen) atoms. The second-order valence-electron chi connectivity index (χ2n) is 6.95. The predicted octanol–water partition coefficient (Wildman–Crippen LogP) is 2.78. The molecule has 0 atom stereocenters. The van der Waals surface area contributed by atoms with Gasteiger partial charge in [-0.05, 0) is 76.2 Å². The topological polar surface area (TPSA) is 53.6 Å². The highest BCUT2D eigenvalue weighted by molar-refractivity contribution is 5.93. The first kappa shape index (κ1) is 15.3. The van der Waals surface area contributed by atoms with Crippen molar-refractivity contribution in [3.63, 3.8) is 0 Å². The van der Waals surface area contributed by atoms with Crippen LogP contribution in [0.25, 0.3) is 0 Å². The lowest BCUT2D eigenvalue weighted by Gasteiger charge is -2.46. The molecule has 2 aliphatic rings. The Hall–Kier alpha value is -1.55. The minimum absolute atomic E-state index is 0.225. The number of guanidine groups is 1. The minimum Gasteiger partial charge on any atom is -0.370 e. The molecule has 0 aliphatic heterocycles. The standard InChI is InChI=1S/C18H28N4/c1-22(2)18(11-6-12-18)13-20-17(19)21-16-10-5-8-14-7-3-4-9-15(14)16/h5,8,10H,3-4,6-7,9,11-13H2,1-2H3,(H3,19,20,21). The molecule has 4 heteroatoms. The van der Waals surface area contributed by atoms with E-state index >= 15 is 0 Å². The molecule has 0 heterocycles. The smallest absolute Gasteiger partial charge is 0.193 e. The van der Waals surface area contributed by atoms with Gasteiger partial charge in [0.05, 0.1) is 6.54 Å². The largest absolute Gasteiger partial charge is 0.370 e. The molecule has 0 amide bonds. The van der Waals surface area contributed by atoms with Crippen LogP contribution < -0.4 is 11.1 Å². The molecule has 120 valence electrons. The summed E-state index contributed by atoms with van der Waals surface area (Å²) in [5.41, 5.74) is 10.4. The number of fused-ring (bicyclic) bond motifs is 1. The maximum atomic E-state index is 6.15.